The van der Waals surface area contributed by atoms with Gasteiger partial charge >= 0.3 is 0 Å². The molecule has 0 N–H and O–H groups in total. The van der Waals surface area contributed by atoms with Gasteiger partial charge in [0.25, 0.3) is 0 Å². The second-order valence-corrected chi connectivity index (χ2v) is 5.45. The third kappa shape index (κ3) is 14.0. The van der Waals surface area contributed by atoms with Crippen molar-refractivity contribution in [3.63, 3.8) is 0 Å². The normalized spacial score (nSPS) is 11.2. The first-order chi connectivity index (χ1) is 7.77. The summed E-state index contributed by atoms with van der Waals surface area (Å²) in [5, 5.41) is 0. The fourth-order valence-corrected chi connectivity index (χ4v) is 2.08. The highest BCUT2D eigenvalue weighted by molar-refractivity contribution is 4.67. The molecule has 0 saturated heterocycles. The van der Waals surface area contributed by atoms with Gasteiger partial charge in [0.2, 0.25) is 0 Å². The van der Waals surface area contributed by atoms with Crippen molar-refractivity contribution < 1.29 is 0 Å². The van der Waals surface area contributed by atoms with Crippen molar-refractivity contribution in [3.05, 3.63) is 6.42 Å². The van der Waals surface area contributed by atoms with Crippen LogP contribution in [0.3, 0.4) is 0 Å². The summed E-state index contributed by atoms with van der Waals surface area (Å²) in [4.78, 5) is 0. The lowest BCUT2D eigenvalue weighted by molar-refractivity contribution is 0.549. The average Bonchev–Trinajstić information content (AvgIpc) is 2.25. The van der Waals surface area contributed by atoms with Crippen LogP contribution in [-0.4, -0.2) is 0 Å². The van der Waals surface area contributed by atoms with Gasteiger partial charge in [0.05, 0.1) is 0 Å². The van der Waals surface area contributed by atoms with Crippen LogP contribution in [0.15, 0.2) is 0 Å². The van der Waals surface area contributed by atoms with Gasteiger partial charge in [-0.05, 0) is 18.8 Å². The molecule has 0 aliphatic carbocycles. The maximum atomic E-state index is 2.45. The van der Waals surface area contributed by atoms with E-state index in [1.54, 1.807) is 0 Å². The van der Waals surface area contributed by atoms with Gasteiger partial charge in [-0.3, -0.25) is 0 Å². The Morgan fingerprint density at radius 2 is 1.12 bits per heavy atom. The predicted molar refractivity (Wildman–Crippen MR) is 75.6 cm³/mol. The summed E-state index contributed by atoms with van der Waals surface area (Å²) < 4.78 is 0. The van der Waals surface area contributed by atoms with Crippen LogP contribution in [-0.2, 0) is 0 Å². The molecule has 0 heteroatoms. The highest BCUT2D eigenvalue weighted by atomic mass is 14.0. The largest absolute Gasteiger partial charge is 0.0654 e. The van der Waals surface area contributed by atoms with Crippen LogP contribution in [0, 0.1) is 12.3 Å². The van der Waals surface area contributed by atoms with E-state index in [2.05, 4.69) is 27.2 Å². The van der Waals surface area contributed by atoms with Gasteiger partial charge in [0.15, 0.2) is 0 Å². The zero-order valence-corrected chi connectivity index (χ0v) is 11.9. The van der Waals surface area contributed by atoms with E-state index in [1.165, 1.54) is 70.6 Å². The van der Waals surface area contributed by atoms with E-state index in [0.717, 1.165) is 5.92 Å². The number of rotatable bonds is 12. The Morgan fingerprint density at radius 1 is 0.688 bits per heavy atom. The average molecular weight is 225 g/mol. The summed E-state index contributed by atoms with van der Waals surface area (Å²) in [7, 11) is 0. The molecule has 0 amide bonds. The molecule has 0 nitrogen and oxygen atoms in total. The molecular formula is C16H33. The van der Waals surface area contributed by atoms with Crippen LogP contribution in [0.5, 0.6) is 0 Å². The Bertz CT molecular complexity index is 115. The molecule has 0 saturated carbocycles. The molecule has 0 aromatic heterocycles. The minimum absolute atomic E-state index is 0.776. The Balaban J connectivity index is 2.88. The quantitative estimate of drug-likeness (QED) is 0.349. The molecule has 0 aliphatic rings. The van der Waals surface area contributed by atoms with Crippen LogP contribution in [0.4, 0.5) is 0 Å². The van der Waals surface area contributed by atoms with E-state index in [0.29, 0.717) is 0 Å². The van der Waals surface area contributed by atoms with Gasteiger partial charge < -0.3 is 0 Å². The third-order valence-electron chi connectivity index (χ3n) is 3.20. The minimum Gasteiger partial charge on any atom is -0.0654 e. The number of hydrogen-bond acceptors (Lipinski definition) is 0. The van der Waals surface area contributed by atoms with Crippen molar-refractivity contribution in [2.45, 2.75) is 91.4 Å². The summed E-state index contributed by atoms with van der Waals surface area (Å²) in [5.41, 5.74) is 0. The van der Waals surface area contributed by atoms with E-state index in [-0.39, 0.29) is 0 Å². The summed E-state index contributed by atoms with van der Waals surface area (Å²) in [6, 6.07) is 0. The fourth-order valence-electron chi connectivity index (χ4n) is 2.08. The van der Waals surface area contributed by atoms with Gasteiger partial charge in [-0.1, -0.05) is 85.0 Å². The van der Waals surface area contributed by atoms with Gasteiger partial charge in [-0.25, -0.2) is 0 Å². The maximum absolute atomic E-state index is 2.45. The molecule has 0 fully saturated rings. The summed E-state index contributed by atoms with van der Waals surface area (Å²) >= 11 is 0. The van der Waals surface area contributed by atoms with Crippen molar-refractivity contribution >= 4 is 0 Å². The Kier molecular flexibility index (Phi) is 13.1. The molecule has 0 aromatic rings. The molecule has 0 bridgehead atoms. The molecule has 0 aliphatic heterocycles. The smallest absolute Gasteiger partial charge is 0.0360 e. The van der Waals surface area contributed by atoms with Crippen LogP contribution in [0.1, 0.15) is 91.4 Å². The van der Waals surface area contributed by atoms with Crippen molar-refractivity contribution in [3.8, 4) is 0 Å². The first kappa shape index (κ1) is 16.0. The number of unbranched alkanes of at least 4 members (excludes halogenated alkanes) is 10. The fraction of sp³-hybridized carbons (Fsp3) is 0.938. The lowest BCUT2D eigenvalue weighted by Gasteiger charge is -2.04. The van der Waals surface area contributed by atoms with E-state index in [1.807, 2.05) is 0 Å². The molecule has 1 radical (unpaired) electrons. The zero-order chi connectivity index (χ0) is 12.1. The molecule has 0 unspecified atom stereocenters. The highest BCUT2D eigenvalue weighted by Gasteiger charge is 1.95. The van der Waals surface area contributed by atoms with Gasteiger partial charge in [0.1, 0.15) is 0 Å². The van der Waals surface area contributed by atoms with Crippen molar-refractivity contribution in [2.75, 3.05) is 0 Å². The highest BCUT2D eigenvalue weighted by Crippen LogP contribution is 2.13. The van der Waals surface area contributed by atoms with E-state index in [9.17, 15) is 0 Å². The van der Waals surface area contributed by atoms with Crippen LogP contribution < -0.4 is 0 Å². The Hall–Kier alpha value is 0. The first-order valence-electron chi connectivity index (χ1n) is 7.60. The maximum Gasteiger partial charge on any atom is -0.0360 e. The van der Waals surface area contributed by atoms with Gasteiger partial charge in [-0.2, -0.15) is 0 Å². The molecule has 0 heterocycles. The van der Waals surface area contributed by atoms with Crippen LogP contribution >= 0.6 is 0 Å². The topological polar surface area (TPSA) is 0 Å². The minimum atomic E-state index is 0.776. The molecule has 16 heavy (non-hydrogen) atoms. The second-order valence-electron chi connectivity index (χ2n) is 5.45. The predicted octanol–water partition coefficient (Wildman–Crippen LogP) is 6.16. The van der Waals surface area contributed by atoms with E-state index in [4.69, 9.17) is 0 Å². The molecule has 0 spiro atoms. The summed E-state index contributed by atoms with van der Waals surface area (Å²) in [6.45, 7) is 6.83. The first-order valence-corrected chi connectivity index (χ1v) is 7.60. The lowest BCUT2D eigenvalue weighted by atomic mass is 10.0. The molecule has 97 valence electrons. The van der Waals surface area contributed by atoms with Gasteiger partial charge in [-0.15, -0.1) is 0 Å². The third-order valence-corrected chi connectivity index (χ3v) is 3.20. The molecule has 0 aromatic carbocycles. The van der Waals surface area contributed by atoms with Gasteiger partial charge in [0, 0.05) is 0 Å². The zero-order valence-electron chi connectivity index (χ0n) is 11.9. The summed E-state index contributed by atoms with van der Waals surface area (Å²) in [6.07, 6.45) is 18.2. The second kappa shape index (κ2) is 13.1. The molecule has 0 rings (SSSR count). The number of hydrogen-bond donors (Lipinski definition) is 0. The monoisotopic (exact) mass is 225 g/mol. The van der Waals surface area contributed by atoms with Crippen LogP contribution in [0.25, 0.3) is 0 Å². The van der Waals surface area contributed by atoms with E-state index >= 15 is 0 Å². The van der Waals surface area contributed by atoms with Crippen LogP contribution in [0.2, 0.25) is 0 Å². The van der Waals surface area contributed by atoms with Crippen molar-refractivity contribution in [1.29, 1.82) is 0 Å². The standard InChI is InChI=1S/C16H33/c1-4-5-6-7-8-9-10-11-12-13-14-15-16(2)3/h15-16H,4-14H2,1-3H3. The molecule has 0 atom stereocenters. The Labute approximate surface area is 104 Å². The van der Waals surface area contributed by atoms with Crippen molar-refractivity contribution in [2.24, 2.45) is 5.92 Å². The van der Waals surface area contributed by atoms with Crippen molar-refractivity contribution in [1.82, 2.24) is 0 Å². The lowest BCUT2D eigenvalue weighted by Crippen LogP contribution is -1.88. The summed E-state index contributed by atoms with van der Waals surface area (Å²) in [5.74, 6) is 0.776. The SMILES string of the molecule is CCCCCCCCCCCC[CH]C(C)C. The van der Waals surface area contributed by atoms with E-state index < -0.39 is 0 Å². The molecular weight excluding hydrogens is 192 g/mol. The Morgan fingerprint density at radius 3 is 1.56 bits per heavy atom.